The summed E-state index contributed by atoms with van der Waals surface area (Å²) in [6.07, 6.45) is 0.221. The number of halogens is 1. The lowest BCUT2D eigenvalue weighted by atomic mass is 9.88. The van der Waals surface area contributed by atoms with Gasteiger partial charge in [0.05, 0.1) is 17.3 Å². The Bertz CT molecular complexity index is 1130. The quantitative estimate of drug-likeness (QED) is 0.629. The van der Waals surface area contributed by atoms with Gasteiger partial charge in [0.1, 0.15) is 4.88 Å². The van der Waals surface area contributed by atoms with E-state index in [1.54, 1.807) is 36.4 Å². The van der Waals surface area contributed by atoms with E-state index in [2.05, 4.69) is 11.4 Å². The summed E-state index contributed by atoms with van der Waals surface area (Å²) >= 11 is 7.14. The number of carboxylic acid groups (broad SMARTS) is 1. The van der Waals surface area contributed by atoms with Crippen molar-refractivity contribution in [3.8, 4) is 17.2 Å². The Hall–Kier alpha value is -3.14. The minimum Gasteiger partial charge on any atom is -0.477 e. The number of anilines is 1. The molecule has 3 aromatic rings. The molecule has 0 radical (unpaired) electrons. The number of carbonyl (C=O) groups excluding carboxylic acids is 1. The zero-order valence-corrected chi connectivity index (χ0v) is 16.0. The van der Waals surface area contributed by atoms with E-state index in [9.17, 15) is 14.7 Å². The lowest BCUT2D eigenvalue weighted by Gasteiger charge is -2.24. The van der Waals surface area contributed by atoms with Crippen LogP contribution in [0.15, 0.2) is 48.5 Å². The molecular formula is C21H13ClN2O3S. The number of thiophene rings is 1. The van der Waals surface area contributed by atoms with Crippen molar-refractivity contribution in [2.45, 2.75) is 12.3 Å². The second kappa shape index (κ2) is 7.12. The molecule has 5 nitrogen and oxygen atoms in total. The summed E-state index contributed by atoms with van der Waals surface area (Å²) in [5.41, 5.74) is 3.12. The highest BCUT2D eigenvalue weighted by Crippen LogP contribution is 2.49. The summed E-state index contributed by atoms with van der Waals surface area (Å²) in [7, 11) is 0. The minimum absolute atomic E-state index is 0.174. The maximum atomic E-state index is 12.4. The topological polar surface area (TPSA) is 90.2 Å². The van der Waals surface area contributed by atoms with Gasteiger partial charge >= 0.3 is 5.97 Å². The number of nitrogens with one attached hydrogen (secondary N) is 1. The van der Waals surface area contributed by atoms with Crippen LogP contribution in [0, 0.1) is 11.3 Å². The molecule has 4 rings (SSSR count). The first-order valence-electron chi connectivity index (χ1n) is 8.43. The predicted octanol–water partition coefficient (Wildman–Crippen LogP) is 5.11. The molecule has 1 aliphatic heterocycles. The minimum atomic E-state index is -1.04. The first-order chi connectivity index (χ1) is 13.5. The molecule has 2 heterocycles. The molecule has 1 amide bonds. The molecule has 0 saturated carbocycles. The standard InChI is InChI=1S/C21H13ClN2O3S/c22-14-7-5-13(6-8-14)17-18-19(28-20(17)21(26)27)15(9-16(25)24-18)12-3-1-11(10-23)2-4-12/h1-8,15H,9H2,(H,24,25)(H,26,27). The summed E-state index contributed by atoms with van der Waals surface area (Å²) in [5, 5.41) is 22.2. The van der Waals surface area contributed by atoms with Crippen LogP contribution in [0.25, 0.3) is 11.1 Å². The van der Waals surface area contributed by atoms with Gasteiger partial charge < -0.3 is 10.4 Å². The molecule has 1 unspecified atom stereocenters. The van der Waals surface area contributed by atoms with E-state index >= 15 is 0 Å². The van der Waals surface area contributed by atoms with Gasteiger partial charge in [0.2, 0.25) is 5.91 Å². The van der Waals surface area contributed by atoms with Gasteiger partial charge in [-0.25, -0.2) is 4.79 Å². The van der Waals surface area contributed by atoms with Gasteiger partial charge in [0, 0.05) is 27.8 Å². The fourth-order valence-electron chi connectivity index (χ4n) is 3.39. The molecule has 0 aliphatic carbocycles. The highest BCUT2D eigenvalue weighted by molar-refractivity contribution is 7.15. The van der Waals surface area contributed by atoms with Crippen molar-refractivity contribution in [3.63, 3.8) is 0 Å². The third kappa shape index (κ3) is 3.15. The van der Waals surface area contributed by atoms with Gasteiger partial charge in [-0.2, -0.15) is 5.26 Å². The molecule has 2 aromatic carbocycles. The van der Waals surface area contributed by atoms with E-state index < -0.39 is 5.97 Å². The Morgan fingerprint density at radius 2 is 1.86 bits per heavy atom. The number of benzene rings is 2. The highest BCUT2D eigenvalue weighted by Gasteiger charge is 2.34. The molecule has 138 valence electrons. The number of carbonyl (C=O) groups is 2. The number of hydrogen-bond donors (Lipinski definition) is 2. The van der Waals surface area contributed by atoms with Gasteiger partial charge in [0.15, 0.2) is 0 Å². The van der Waals surface area contributed by atoms with Gasteiger partial charge in [-0.1, -0.05) is 35.9 Å². The molecule has 1 atom stereocenters. The van der Waals surface area contributed by atoms with Crippen molar-refractivity contribution in [3.05, 3.63) is 74.4 Å². The Labute approximate surface area is 169 Å². The van der Waals surface area contributed by atoms with Gasteiger partial charge in [-0.3, -0.25) is 4.79 Å². The van der Waals surface area contributed by atoms with E-state index in [0.717, 1.165) is 10.4 Å². The first kappa shape index (κ1) is 18.2. The van der Waals surface area contributed by atoms with Crippen LogP contribution in [0.5, 0.6) is 0 Å². The van der Waals surface area contributed by atoms with Crippen LogP contribution in [0.4, 0.5) is 5.69 Å². The molecule has 0 fully saturated rings. The predicted molar refractivity (Wildman–Crippen MR) is 108 cm³/mol. The van der Waals surface area contributed by atoms with E-state index in [-0.39, 0.29) is 23.1 Å². The first-order valence-corrected chi connectivity index (χ1v) is 9.63. The average Bonchev–Trinajstić information content (AvgIpc) is 3.07. The Kier molecular flexibility index (Phi) is 4.63. The molecule has 2 N–H and O–H groups in total. The van der Waals surface area contributed by atoms with E-state index in [4.69, 9.17) is 16.9 Å². The van der Waals surface area contributed by atoms with Crippen LogP contribution in [0.1, 0.15) is 38.0 Å². The molecule has 0 bridgehead atoms. The number of fused-ring (bicyclic) bond motifs is 1. The zero-order valence-electron chi connectivity index (χ0n) is 14.4. The van der Waals surface area contributed by atoms with Gasteiger partial charge in [-0.05, 0) is 35.4 Å². The van der Waals surface area contributed by atoms with Gasteiger partial charge in [0.25, 0.3) is 0 Å². The molecule has 7 heteroatoms. The molecule has 0 spiro atoms. The maximum absolute atomic E-state index is 12.4. The van der Waals surface area contributed by atoms with E-state index in [1.807, 2.05) is 12.1 Å². The summed E-state index contributed by atoms with van der Waals surface area (Å²) in [6.45, 7) is 0. The van der Waals surface area contributed by atoms with Crippen LogP contribution >= 0.6 is 22.9 Å². The van der Waals surface area contributed by atoms with Crippen LogP contribution in [0.2, 0.25) is 5.02 Å². The smallest absolute Gasteiger partial charge is 0.346 e. The van der Waals surface area contributed by atoms with E-state index in [1.165, 1.54) is 11.3 Å². The van der Waals surface area contributed by atoms with Crippen LogP contribution in [-0.2, 0) is 4.79 Å². The number of rotatable bonds is 3. The monoisotopic (exact) mass is 408 g/mol. The Morgan fingerprint density at radius 3 is 2.46 bits per heavy atom. The van der Waals surface area contributed by atoms with Crippen molar-refractivity contribution in [1.29, 1.82) is 5.26 Å². The second-order valence-corrected chi connectivity index (χ2v) is 7.88. The number of carboxylic acids is 1. The van der Waals surface area contributed by atoms with E-state index in [0.29, 0.717) is 27.4 Å². The normalized spacial score (nSPS) is 15.4. The fraction of sp³-hybridized carbons (Fsp3) is 0.0952. The second-order valence-electron chi connectivity index (χ2n) is 6.40. The lowest BCUT2D eigenvalue weighted by molar-refractivity contribution is -0.116. The summed E-state index contributed by atoms with van der Waals surface area (Å²) < 4.78 is 0. The molecular weight excluding hydrogens is 396 g/mol. The SMILES string of the molecule is N#Cc1ccc(C2CC(=O)Nc3c2sc(C(=O)O)c3-c2ccc(Cl)cc2)cc1. The third-order valence-electron chi connectivity index (χ3n) is 4.68. The van der Waals surface area contributed by atoms with Crippen LogP contribution < -0.4 is 5.32 Å². The Balaban J connectivity index is 1.90. The van der Waals surface area contributed by atoms with Crippen molar-refractivity contribution in [2.75, 3.05) is 5.32 Å². The number of hydrogen-bond acceptors (Lipinski definition) is 4. The zero-order chi connectivity index (χ0) is 19.8. The molecule has 1 aliphatic rings. The number of aromatic carboxylic acids is 1. The molecule has 28 heavy (non-hydrogen) atoms. The number of nitriles is 1. The van der Waals surface area contributed by atoms with Crippen LogP contribution in [0.3, 0.4) is 0 Å². The van der Waals surface area contributed by atoms with Crippen LogP contribution in [-0.4, -0.2) is 17.0 Å². The summed E-state index contributed by atoms with van der Waals surface area (Å²) in [6, 6.07) is 16.0. The maximum Gasteiger partial charge on any atom is 0.346 e. The van der Waals surface area contributed by atoms with Crippen molar-refractivity contribution >= 4 is 40.5 Å². The fourth-order valence-corrected chi connectivity index (χ4v) is 4.76. The summed E-state index contributed by atoms with van der Waals surface area (Å²) in [5.74, 6) is -1.48. The average molecular weight is 409 g/mol. The third-order valence-corrected chi connectivity index (χ3v) is 6.22. The van der Waals surface area contributed by atoms with Gasteiger partial charge in [-0.15, -0.1) is 11.3 Å². The molecule has 1 aromatic heterocycles. The number of amides is 1. The summed E-state index contributed by atoms with van der Waals surface area (Å²) in [4.78, 5) is 25.3. The Morgan fingerprint density at radius 1 is 1.18 bits per heavy atom. The number of nitrogens with zero attached hydrogens (tertiary/aromatic N) is 1. The van der Waals surface area contributed by atoms with Crippen molar-refractivity contribution < 1.29 is 14.7 Å². The molecule has 0 saturated heterocycles. The van der Waals surface area contributed by atoms with Crippen molar-refractivity contribution in [1.82, 2.24) is 0 Å². The largest absolute Gasteiger partial charge is 0.477 e. The highest BCUT2D eigenvalue weighted by atomic mass is 35.5. The lowest BCUT2D eigenvalue weighted by Crippen LogP contribution is -2.22. The van der Waals surface area contributed by atoms with Crippen molar-refractivity contribution in [2.24, 2.45) is 0 Å².